The van der Waals surface area contributed by atoms with Crippen LogP contribution in [-0.4, -0.2) is 20.2 Å². The molecule has 1 atom stereocenters. The van der Waals surface area contributed by atoms with Crippen molar-refractivity contribution in [1.82, 2.24) is 0 Å². The molecule has 0 radical (unpaired) electrons. The molecule has 0 aromatic heterocycles. The molecule has 6 heteroatoms. The Morgan fingerprint density at radius 3 is 2.15 bits per heavy atom. The summed E-state index contributed by atoms with van der Waals surface area (Å²) in [4.78, 5) is 0.218. The van der Waals surface area contributed by atoms with Gasteiger partial charge in [-0.15, -0.1) is 0 Å². The molecule has 0 fully saturated rings. The van der Waals surface area contributed by atoms with E-state index >= 15 is 0 Å². The van der Waals surface area contributed by atoms with Gasteiger partial charge in [0.25, 0.3) is 0 Å². The van der Waals surface area contributed by atoms with Crippen LogP contribution in [0.2, 0.25) is 0 Å². The minimum atomic E-state index is -4.18. The molecular weight excluding hydrogens is 446 g/mol. The molecule has 1 unspecified atom stereocenters. The molecule has 0 saturated heterocycles. The van der Waals surface area contributed by atoms with Crippen LogP contribution in [0, 0.1) is 12.1 Å². The molecular formula is C28H31NO4S. The van der Waals surface area contributed by atoms with Crippen LogP contribution in [0.4, 0.5) is 0 Å². The number of hydrogen-bond donors (Lipinski definition) is 0. The van der Waals surface area contributed by atoms with Gasteiger partial charge in [0.05, 0.1) is 5.56 Å². The van der Waals surface area contributed by atoms with Crippen molar-refractivity contribution in [2.75, 3.05) is 0 Å². The monoisotopic (exact) mass is 477 g/mol. The summed E-state index contributed by atoms with van der Waals surface area (Å²) in [7, 11) is -4.18. The number of fused-ring (bicyclic) bond motifs is 3. The van der Waals surface area contributed by atoms with Crippen LogP contribution in [0.15, 0.2) is 46.4 Å². The molecule has 5 nitrogen and oxygen atoms in total. The first-order chi connectivity index (χ1) is 16.0. The summed E-state index contributed by atoms with van der Waals surface area (Å²) in [6.07, 6.45) is -0.474. The van der Waals surface area contributed by atoms with E-state index in [0.29, 0.717) is 17.0 Å². The summed E-state index contributed by atoms with van der Waals surface area (Å²) in [5, 5.41) is 5.89. The second-order valence-corrected chi connectivity index (χ2v) is 11.2. The molecule has 0 spiro atoms. The first-order valence-electron chi connectivity index (χ1n) is 11.7. The van der Waals surface area contributed by atoms with Gasteiger partial charge >= 0.3 is 10.1 Å². The molecule has 4 rings (SSSR count). The Morgan fingerprint density at radius 1 is 0.941 bits per heavy atom. The SMILES string of the molecule is CC1Oc2c#cc3ccccc3c2/C1=N/OS(=O)(=O)c1c(C(C)C)cc(C(C)C)cc1C(C)C. The quantitative estimate of drug-likeness (QED) is 0.371. The van der Waals surface area contributed by atoms with Gasteiger partial charge in [0.2, 0.25) is 0 Å². The van der Waals surface area contributed by atoms with E-state index in [-0.39, 0.29) is 22.6 Å². The summed E-state index contributed by atoms with van der Waals surface area (Å²) in [5.41, 5.74) is 3.73. The summed E-state index contributed by atoms with van der Waals surface area (Å²) in [5.74, 6) is 0.779. The summed E-state index contributed by atoms with van der Waals surface area (Å²) in [6.45, 7) is 14.0. The van der Waals surface area contributed by atoms with Gasteiger partial charge in [-0.25, -0.2) is 0 Å². The number of rotatable bonds is 6. The fourth-order valence-corrected chi connectivity index (χ4v) is 5.74. The Balaban J connectivity index is 1.84. The zero-order valence-corrected chi connectivity index (χ0v) is 21.6. The zero-order valence-electron chi connectivity index (χ0n) is 20.8. The summed E-state index contributed by atoms with van der Waals surface area (Å²) in [6, 6.07) is 17.7. The highest BCUT2D eigenvalue weighted by Crippen LogP contribution is 2.37. The highest BCUT2D eigenvalue weighted by molar-refractivity contribution is 7.86. The lowest BCUT2D eigenvalue weighted by Crippen LogP contribution is -2.19. The zero-order chi connectivity index (χ0) is 24.8. The van der Waals surface area contributed by atoms with Crippen molar-refractivity contribution in [3.8, 4) is 5.75 Å². The fraction of sp³-hybridized carbons (Fsp3) is 0.393. The lowest BCUT2D eigenvalue weighted by molar-refractivity contribution is 0.291. The third-order valence-corrected chi connectivity index (χ3v) is 7.48. The van der Waals surface area contributed by atoms with E-state index in [1.165, 1.54) is 0 Å². The van der Waals surface area contributed by atoms with Crippen LogP contribution < -0.4 is 4.74 Å². The maximum Gasteiger partial charge on any atom is 0.359 e. The largest absolute Gasteiger partial charge is 0.475 e. The maximum atomic E-state index is 13.6. The van der Waals surface area contributed by atoms with Crippen molar-refractivity contribution in [1.29, 1.82) is 0 Å². The number of oxime groups is 1. The Hall–Kier alpha value is -3.04. The van der Waals surface area contributed by atoms with Crippen LogP contribution in [0.3, 0.4) is 0 Å². The minimum Gasteiger partial charge on any atom is -0.475 e. The van der Waals surface area contributed by atoms with Gasteiger partial charge in [0.15, 0.2) is 5.75 Å². The number of ether oxygens (including phenoxy) is 1. The first kappa shape index (κ1) is 24.1. The number of benzene rings is 2. The molecule has 3 aromatic rings. The number of hydrogen-bond acceptors (Lipinski definition) is 5. The molecule has 0 saturated carbocycles. The van der Waals surface area contributed by atoms with Gasteiger partial charge in [-0.1, -0.05) is 83.1 Å². The third kappa shape index (κ3) is 4.25. The highest BCUT2D eigenvalue weighted by atomic mass is 32.2. The average molecular weight is 478 g/mol. The Kier molecular flexibility index (Phi) is 6.35. The molecule has 1 heterocycles. The molecule has 0 amide bonds. The molecule has 0 aliphatic carbocycles. The van der Waals surface area contributed by atoms with Crippen molar-refractivity contribution in [3.63, 3.8) is 0 Å². The van der Waals surface area contributed by atoms with E-state index in [0.717, 1.165) is 27.5 Å². The standard InChI is InChI=1S/C28H31NO4S/c1-16(2)21-14-23(17(3)4)28(24(15-21)18(5)6)34(30,31)33-29-27-19(7)32-25-13-12-20-10-8-9-11-22(20)26(25)27/h8-11,14-19H,1-7H3/b29-27+. The van der Waals surface area contributed by atoms with Gasteiger partial charge in [-0.2, -0.15) is 8.42 Å². The van der Waals surface area contributed by atoms with Crippen LogP contribution in [0.5, 0.6) is 5.75 Å². The van der Waals surface area contributed by atoms with Crippen LogP contribution >= 0.6 is 0 Å². The molecule has 34 heavy (non-hydrogen) atoms. The normalized spacial score (nSPS) is 16.9. The van der Waals surface area contributed by atoms with E-state index in [2.05, 4.69) is 31.1 Å². The Bertz CT molecular complexity index is 1340. The fourth-order valence-electron chi connectivity index (χ4n) is 4.32. The Labute approximate surface area is 202 Å². The molecule has 178 valence electrons. The van der Waals surface area contributed by atoms with Gasteiger partial charge in [0, 0.05) is 10.8 Å². The lowest BCUT2D eigenvalue weighted by atomic mass is 9.89. The van der Waals surface area contributed by atoms with Gasteiger partial charge in [-0.3, -0.25) is 4.28 Å². The van der Waals surface area contributed by atoms with Crippen LogP contribution in [-0.2, 0) is 14.4 Å². The smallest absolute Gasteiger partial charge is 0.359 e. The average Bonchev–Trinajstić information content (AvgIpc) is 3.12. The van der Waals surface area contributed by atoms with Gasteiger partial charge < -0.3 is 4.74 Å². The summed E-state index contributed by atoms with van der Waals surface area (Å²) < 4.78 is 38.5. The van der Waals surface area contributed by atoms with E-state index in [1.807, 2.05) is 71.0 Å². The van der Waals surface area contributed by atoms with Crippen molar-refractivity contribution >= 4 is 26.6 Å². The molecule has 0 bridgehead atoms. The van der Waals surface area contributed by atoms with Crippen molar-refractivity contribution < 1.29 is 17.4 Å². The van der Waals surface area contributed by atoms with E-state index in [1.54, 1.807) is 0 Å². The van der Waals surface area contributed by atoms with Crippen molar-refractivity contribution in [2.24, 2.45) is 5.16 Å². The minimum absolute atomic E-state index is 0.000715. The van der Waals surface area contributed by atoms with Gasteiger partial charge in [0.1, 0.15) is 16.7 Å². The summed E-state index contributed by atoms with van der Waals surface area (Å²) >= 11 is 0. The molecule has 1 aliphatic heterocycles. The molecule has 3 aromatic carbocycles. The number of nitrogens with zero attached hydrogens (tertiary/aromatic N) is 1. The third-order valence-electron chi connectivity index (χ3n) is 6.23. The second kappa shape index (κ2) is 8.96. The predicted octanol–water partition coefficient (Wildman–Crippen LogP) is 6.70. The van der Waals surface area contributed by atoms with E-state index < -0.39 is 16.2 Å². The predicted molar refractivity (Wildman–Crippen MR) is 135 cm³/mol. The van der Waals surface area contributed by atoms with Crippen LogP contribution in [0.1, 0.15) is 88.5 Å². The maximum absolute atomic E-state index is 13.6. The second-order valence-electron chi connectivity index (χ2n) is 9.76. The highest BCUT2D eigenvalue weighted by Gasteiger charge is 2.33. The van der Waals surface area contributed by atoms with Gasteiger partial charge in [-0.05, 0) is 53.5 Å². The van der Waals surface area contributed by atoms with Crippen LogP contribution in [0.25, 0.3) is 10.8 Å². The first-order valence-corrected chi connectivity index (χ1v) is 13.1. The van der Waals surface area contributed by atoms with E-state index in [4.69, 9.17) is 9.02 Å². The van der Waals surface area contributed by atoms with E-state index in [9.17, 15) is 8.42 Å². The van der Waals surface area contributed by atoms with Crippen molar-refractivity contribution in [3.05, 3.63) is 70.8 Å². The molecule has 1 aliphatic rings. The topological polar surface area (TPSA) is 65.0 Å². The molecule has 0 N–H and O–H groups in total. The Morgan fingerprint density at radius 2 is 1.56 bits per heavy atom. The van der Waals surface area contributed by atoms with Crippen molar-refractivity contribution in [2.45, 2.75) is 77.2 Å². The lowest BCUT2D eigenvalue weighted by Gasteiger charge is -2.21.